The van der Waals surface area contributed by atoms with E-state index in [0.717, 1.165) is 19.7 Å². The summed E-state index contributed by atoms with van der Waals surface area (Å²) in [6, 6.07) is 0.676. The zero-order valence-corrected chi connectivity index (χ0v) is 10.4. The normalized spacial score (nSPS) is 32.4. The van der Waals surface area contributed by atoms with Crippen molar-refractivity contribution in [1.29, 1.82) is 0 Å². The predicted octanol–water partition coefficient (Wildman–Crippen LogP) is 0.802. The predicted molar refractivity (Wildman–Crippen MR) is 65.6 cm³/mol. The number of rotatable bonds is 4. The van der Waals surface area contributed by atoms with E-state index in [1.54, 1.807) is 0 Å². The van der Waals surface area contributed by atoms with E-state index in [-0.39, 0.29) is 0 Å². The Bertz CT molecular complexity index is 179. The summed E-state index contributed by atoms with van der Waals surface area (Å²) >= 11 is 2.07. The second-order valence-corrected chi connectivity index (χ2v) is 5.73. The third kappa shape index (κ3) is 3.94. The molecule has 2 heterocycles. The molecule has 2 unspecified atom stereocenters. The van der Waals surface area contributed by atoms with Gasteiger partial charge in [-0.2, -0.15) is 11.8 Å². The standard InChI is InChI=1S/C11H22N2OS/c1-13(8-11-3-2-5-14-11)7-10-9-15-6-4-12-10/h10-12H,2-9H2,1H3. The minimum absolute atomic E-state index is 0.492. The topological polar surface area (TPSA) is 24.5 Å². The summed E-state index contributed by atoms with van der Waals surface area (Å²) < 4.78 is 5.65. The Kier molecular flexibility index (Phi) is 4.75. The van der Waals surface area contributed by atoms with Gasteiger partial charge in [0.05, 0.1) is 6.10 Å². The number of nitrogens with zero attached hydrogens (tertiary/aromatic N) is 1. The van der Waals surface area contributed by atoms with Gasteiger partial charge in [-0.15, -0.1) is 0 Å². The molecule has 3 nitrogen and oxygen atoms in total. The van der Waals surface area contributed by atoms with Gasteiger partial charge in [-0.3, -0.25) is 0 Å². The molecular formula is C11H22N2OS. The Morgan fingerprint density at radius 3 is 3.07 bits per heavy atom. The first-order valence-electron chi connectivity index (χ1n) is 5.96. The highest BCUT2D eigenvalue weighted by Crippen LogP contribution is 2.14. The fourth-order valence-electron chi connectivity index (χ4n) is 2.32. The Hall–Kier alpha value is 0.230. The van der Waals surface area contributed by atoms with Gasteiger partial charge < -0.3 is 15.0 Å². The van der Waals surface area contributed by atoms with E-state index in [1.165, 1.54) is 30.9 Å². The Balaban J connectivity index is 1.64. The van der Waals surface area contributed by atoms with E-state index in [4.69, 9.17) is 4.74 Å². The summed E-state index contributed by atoms with van der Waals surface area (Å²) in [7, 11) is 2.21. The lowest BCUT2D eigenvalue weighted by Gasteiger charge is -2.29. The Morgan fingerprint density at radius 2 is 2.40 bits per heavy atom. The molecule has 2 saturated heterocycles. The molecule has 2 aliphatic heterocycles. The summed E-state index contributed by atoms with van der Waals surface area (Å²) in [6.07, 6.45) is 2.99. The first kappa shape index (κ1) is 11.7. The second-order valence-electron chi connectivity index (χ2n) is 4.58. The zero-order valence-electron chi connectivity index (χ0n) is 9.58. The minimum atomic E-state index is 0.492. The molecule has 88 valence electrons. The maximum absolute atomic E-state index is 5.65. The highest BCUT2D eigenvalue weighted by Gasteiger charge is 2.20. The van der Waals surface area contributed by atoms with Crippen LogP contribution in [0.4, 0.5) is 0 Å². The van der Waals surface area contributed by atoms with Gasteiger partial charge in [0.2, 0.25) is 0 Å². The van der Waals surface area contributed by atoms with Crippen molar-refractivity contribution in [3.8, 4) is 0 Å². The van der Waals surface area contributed by atoms with Crippen LogP contribution in [0.15, 0.2) is 0 Å². The molecule has 2 rings (SSSR count). The lowest BCUT2D eigenvalue weighted by atomic mass is 10.2. The van der Waals surface area contributed by atoms with Crippen LogP contribution in [-0.2, 0) is 4.74 Å². The number of nitrogens with one attached hydrogen (secondary N) is 1. The van der Waals surface area contributed by atoms with Crippen LogP contribution in [0.1, 0.15) is 12.8 Å². The summed E-state index contributed by atoms with van der Waals surface area (Å²) in [5, 5.41) is 3.57. The van der Waals surface area contributed by atoms with Gasteiger partial charge in [0.15, 0.2) is 0 Å². The largest absolute Gasteiger partial charge is 0.377 e. The molecule has 0 aliphatic carbocycles. The molecule has 2 atom stereocenters. The monoisotopic (exact) mass is 230 g/mol. The third-order valence-electron chi connectivity index (χ3n) is 3.07. The lowest BCUT2D eigenvalue weighted by molar-refractivity contribution is 0.0791. The minimum Gasteiger partial charge on any atom is -0.377 e. The molecular weight excluding hydrogens is 208 g/mol. The van der Waals surface area contributed by atoms with E-state index >= 15 is 0 Å². The van der Waals surface area contributed by atoms with Crippen molar-refractivity contribution in [1.82, 2.24) is 10.2 Å². The molecule has 15 heavy (non-hydrogen) atoms. The van der Waals surface area contributed by atoms with Gasteiger partial charge in [-0.1, -0.05) is 0 Å². The third-order valence-corrected chi connectivity index (χ3v) is 4.20. The number of hydrogen-bond donors (Lipinski definition) is 1. The molecule has 0 amide bonds. The van der Waals surface area contributed by atoms with Gasteiger partial charge in [-0.25, -0.2) is 0 Å². The maximum atomic E-state index is 5.65. The number of hydrogen-bond acceptors (Lipinski definition) is 4. The quantitative estimate of drug-likeness (QED) is 0.772. The van der Waals surface area contributed by atoms with E-state index in [2.05, 4.69) is 29.0 Å². The highest BCUT2D eigenvalue weighted by atomic mass is 32.2. The van der Waals surface area contributed by atoms with Crippen LogP contribution < -0.4 is 5.32 Å². The van der Waals surface area contributed by atoms with Crippen molar-refractivity contribution in [2.45, 2.75) is 25.0 Å². The van der Waals surface area contributed by atoms with Crippen LogP contribution in [0.3, 0.4) is 0 Å². The summed E-state index contributed by atoms with van der Waals surface area (Å²) in [5.74, 6) is 2.53. The average molecular weight is 230 g/mol. The van der Waals surface area contributed by atoms with Crippen molar-refractivity contribution in [3.63, 3.8) is 0 Å². The van der Waals surface area contributed by atoms with E-state index in [0.29, 0.717) is 12.1 Å². The molecule has 2 fully saturated rings. The molecule has 0 spiro atoms. The van der Waals surface area contributed by atoms with Crippen molar-refractivity contribution in [3.05, 3.63) is 0 Å². The van der Waals surface area contributed by atoms with Crippen LogP contribution in [0.2, 0.25) is 0 Å². The van der Waals surface area contributed by atoms with Crippen molar-refractivity contribution in [2.75, 3.05) is 44.8 Å². The molecule has 0 aromatic carbocycles. The maximum Gasteiger partial charge on any atom is 0.0702 e. The molecule has 0 saturated carbocycles. The van der Waals surface area contributed by atoms with Crippen LogP contribution in [0.5, 0.6) is 0 Å². The van der Waals surface area contributed by atoms with Gasteiger partial charge in [0, 0.05) is 43.8 Å². The van der Waals surface area contributed by atoms with Crippen molar-refractivity contribution >= 4 is 11.8 Å². The summed E-state index contributed by atoms with van der Waals surface area (Å²) in [4.78, 5) is 2.42. The molecule has 0 bridgehead atoms. The zero-order chi connectivity index (χ0) is 10.5. The van der Waals surface area contributed by atoms with Crippen LogP contribution in [-0.4, -0.2) is 61.8 Å². The second kappa shape index (κ2) is 6.09. The SMILES string of the molecule is CN(CC1CSCCN1)CC1CCCO1. The molecule has 0 aromatic heterocycles. The molecule has 2 aliphatic rings. The van der Waals surface area contributed by atoms with Crippen molar-refractivity contribution in [2.24, 2.45) is 0 Å². The van der Waals surface area contributed by atoms with Crippen LogP contribution >= 0.6 is 11.8 Å². The van der Waals surface area contributed by atoms with Gasteiger partial charge in [-0.05, 0) is 19.9 Å². The van der Waals surface area contributed by atoms with Crippen LogP contribution in [0, 0.1) is 0 Å². The molecule has 0 radical (unpaired) electrons. The Morgan fingerprint density at radius 1 is 1.47 bits per heavy atom. The number of thioether (sulfide) groups is 1. The summed E-state index contributed by atoms with van der Waals surface area (Å²) in [5.41, 5.74) is 0. The smallest absolute Gasteiger partial charge is 0.0702 e. The fraction of sp³-hybridized carbons (Fsp3) is 1.00. The van der Waals surface area contributed by atoms with E-state index < -0.39 is 0 Å². The van der Waals surface area contributed by atoms with Crippen LogP contribution in [0.25, 0.3) is 0 Å². The number of ether oxygens (including phenoxy) is 1. The Labute approximate surface area is 96.9 Å². The molecule has 0 aromatic rings. The first-order chi connectivity index (χ1) is 7.34. The molecule has 1 N–H and O–H groups in total. The lowest BCUT2D eigenvalue weighted by Crippen LogP contribution is -2.46. The van der Waals surface area contributed by atoms with E-state index in [9.17, 15) is 0 Å². The van der Waals surface area contributed by atoms with Gasteiger partial charge >= 0.3 is 0 Å². The van der Waals surface area contributed by atoms with Gasteiger partial charge in [0.1, 0.15) is 0 Å². The highest BCUT2D eigenvalue weighted by molar-refractivity contribution is 7.99. The van der Waals surface area contributed by atoms with E-state index in [1.807, 2.05) is 0 Å². The fourth-order valence-corrected chi connectivity index (χ4v) is 3.26. The average Bonchev–Trinajstić information content (AvgIpc) is 2.71. The van der Waals surface area contributed by atoms with Crippen molar-refractivity contribution < 1.29 is 4.74 Å². The number of likely N-dealkylation sites (N-methyl/N-ethyl adjacent to an activating group) is 1. The first-order valence-corrected chi connectivity index (χ1v) is 7.11. The summed E-state index contributed by atoms with van der Waals surface area (Å²) in [6.45, 7) is 4.40. The molecule has 4 heteroatoms. The van der Waals surface area contributed by atoms with Gasteiger partial charge in [0.25, 0.3) is 0 Å².